The van der Waals surface area contributed by atoms with Crippen molar-refractivity contribution < 1.29 is 28.6 Å². The minimum atomic E-state index is -0.792. The van der Waals surface area contributed by atoms with Gasteiger partial charge in [0.25, 0.3) is 0 Å². The predicted octanol–water partition coefficient (Wildman–Crippen LogP) is 13.9. The first-order valence-corrected chi connectivity index (χ1v) is 22.0. The number of allylic oxidation sites excluding steroid dienone is 12. The minimum absolute atomic E-state index is 0.0924. The second-order valence-electron chi connectivity index (χ2n) is 14.3. The van der Waals surface area contributed by atoms with Crippen molar-refractivity contribution in [1.82, 2.24) is 0 Å². The van der Waals surface area contributed by atoms with Crippen molar-refractivity contribution >= 4 is 17.9 Å². The molecule has 0 heterocycles. The molecule has 308 valence electrons. The molecule has 0 aliphatic heterocycles. The Kier molecular flexibility index (Phi) is 40.1. The molecule has 0 fully saturated rings. The van der Waals surface area contributed by atoms with E-state index < -0.39 is 6.10 Å². The molecule has 0 aromatic heterocycles. The van der Waals surface area contributed by atoms with Crippen molar-refractivity contribution in [2.45, 2.75) is 200 Å². The maximum atomic E-state index is 12.7. The summed E-state index contributed by atoms with van der Waals surface area (Å²) in [7, 11) is 0. The summed E-state index contributed by atoms with van der Waals surface area (Å²) in [6.45, 7) is 6.38. The lowest BCUT2D eigenvalue weighted by molar-refractivity contribution is -0.167. The first kappa shape index (κ1) is 50.9. The number of esters is 3. The van der Waals surface area contributed by atoms with Crippen molar-refractivity contribution in [3.8, 4) is 0 Å². The van der Waals surface area contributed by atoms with Gasteiger partial charge in [-0.05, 0) is 64.2 Å². The van der Waals surface area contributed by atoms with Gasteiger partial charge >= 0.3 is 17.9 Å². The van der Waals surface area contributed by atoms with Gasteiger partial charge in [-0.1, -0.05) is 184 Å². The van der Waals surface area contributed by atoms with E-state index in [0.29, 0.717) is 19.3 Å². The number of carbonyl (C=O) groups is 3. The molecule has 54 heavy (non-hydrogen) atoms. The minimum Gasteiger partial charge on any atom is -0.462 e. The fraction of sp³-hybridized carbons (Fsp3) is 0.688. The third-order valence-electron chi connectivity index (χ3n) is 9.07. The van der Waals surface area contributed by atoms with Crippen molar-refractivity contribution in [3.63, 3.8) is 0 Å². The number of ether oxygens (including phenoxy) is 3. The fourth-order valence-electron chi connectivity index (χ4n) is 5.75. The molecule has 1 atom stereocenters. The van der Waals surface area contributed by atoms with E-state index in [-0.39, 0.29) is 31.1 Å². The second-order valence-corrected chi connectivity index (χ2v) is 14.3. The zero-order valence-electron chi connectivity index (χ0n) is 35.0. The monoisotopic (exact) mass is 753 g/mol. The highest BCUT2D eigenvalue weighted by atomic mass is 16.6. The summed E-state index contributed by atoms with van der Waals surface area (Å²) >= 11 is 0. The normalized spacial score (nSPS) is 12.7. The lowest BCUT2D eigenvalue weighted by Crippen LogP contribution is -2.30. The summed E-state index contributed by atoms with van der Waals surface area (Å²) in [5.41, 5.74) is 0. The smallest absolute Gasteiger partial charge is 0.306 e. The molecule has 0 spiro atoms. The zero-order chi connectivity index (χ0) is 39.4. The van der Waals surface area contributed by atoms with E-state index in [4.69, 9.17) is 14.2 Å². The molecule has 0 rings (SSSR count). The van der Waals surface area contributed by atoms with Crippen LogP contribution in [0.3, 0.4) is 0 Å². The van der Waals surface area contributed by atoms with Gasteiger partial charge < -0.3 is 14.2 Å². The van der Waals surface area contributed by atoms with Gasteiger partial charge in [0.2, 0.25) is 0 Å². The molecule has 1 unspecified atom stereocenters. The molecule has 6 nitrogen and oxygen atoms in total. The lowest BCUT2D eigenvalue weighted by atomic mass is 10.1. The van der Waals surface area contributed by atoms with Crippen molar-refractivity contribution in [2.24, 2.45) is 0 Å². The molecule has 0 N–H and O–H groups in total. The van der Waals surface area contributed by atoms with E-state index in [1.54, 1.807) is 0 Å². The number of hydrogen-bond acceptors (Lipinski definition) is 6. The Balaban J connectivity index is 4.47. The van der Waals surface area contributed by atoms with E-state index in [9.17, 15) is 14.4 Å². The molecule has 0 saturated heterocycles. The summed E-state index contributed by atoms with van der Waals surface area (Å²) in [6, 6.07) is 0. The molecular weight excluding hydrogens is 673 g/mol. The van der Waals surface area contributed by atoms with Crippen LogP contribution in [0.15, 0.2) is 72.9 Å². The molecule has 0 aromatic carbocycles. The maximum absolute atomic E-state index is 12.7. The quantitative estimate of drug-likeness (QED) is 0.0205. The van der Waals surface area contributed by atoms with Gasteiger partial charge in [-0.3, -0.25) is 14.4 Å². The first-order valence-electron chi connectivity index (χ1n) is 22.0. The van der Waals surface area contributed by atoms with E-state index in [2.05, 4.69) is 45.1 Å². The molecule has 0 saturated carbocycles. The summed E-state index contributed by atoms with van der Waals surface area (Å²) in [6.07, 6.45) is 51.7. The molecular formula is C48H80O6. The molecule has 0 aromatic rings. The lowest BCUT2D eigenvalue weighted by Gasteiger charge is -2.18. The Morgan fingerprint density at radius 2 is 0.741 bits per heavy atom. The summed E-state index contributed by atoms with van der Waals surface area (Å²) in [5, 5.41) is 0. The van der Waals surface area contributed by atoms with Crippen LogP contribution < -0.4 is 0 Å². The van der Waals surface area contributed by atoms with Crippen LogP contribution in [0.25, 0.3) is 0 Å². The van der Waals surface area contributed by atoms with Crippen molar-refractivity contribution in [3.05, 3.63) is 72.9 Å². The Morgan fingerprint density at radius 3 is 1.24 bits per heavy atom. The van der Waals surface area contributed by atoms with Crippen molar-refractivity contribution in [2.75, 3.05) is 13.2 Å². The molecule has 0 radical (unpaired) electrons. The molecule has 6 heteroatoms. The number of rotatable bonds is 38. The summed E-state index contributed by atoms with van der Waals surface area (Å²) < 4.78 is 16.6. The molecule has 0 aliphatic rings. The Hall–Kier alpha value is -3.15. The second kappa shape index (κ2) is 42.6. The van der Waals surface area contributed by atoms with E-state index in [1.165, 1.54) is 70.6 Å². The van der Waals surface area contributed by atoms with E-state index >= 15 is 0 Å². The van der Waals surface area contributed by atoms with Crippen LogP contribution in [0.5, 0.6) is 0 Å². The molecule has 0 amide bonds. The van der Waals surface area contributed by atoms with Gasteiger partial charge in [0.1, 0.15) is 13.2 Å². The highest BCUT2D eigenvalue weighted by Crippen LogP contribution is 2.13. The highest BCUT2D eigenvalue weighted by Gasteiger charge is 2.19. The maximum Gasteiger partial charge on any atom is 0.306 e. The molecule has 0 aliphatic carbocycles. The topological polar surface area (TPSA) is 78.9 Å². The average molecular weight is 753 g/mol. The van der Waals surface area contributed by atoms with Gasteiger partial charge in [-0.25, -0.2) is 0 Å². The standard InChI is InChI=1S/C48H80O6/c1-4-7-10-13-16-19-21-23-24-25-27-29-32-35-38-41-47(50)53-44-45(43-52-46(49)40-37-34-31-28-18-15-12-9-6-3)54-48(51)42-39-36-33-30-26-22-20-17-14-11-8-5-2/h7,10,13,16-17,19-21,23-25,27,45H,4-6,8-9,11-12,14-15,18,22,26,28-44H2,1-3H3/b10-7-,16-13-,20-17-,21-19-,24-23-,27-25-. The summed E-state index contributed by atoms with van der Waals surface area (Å²) in [5.74, 6) is -0.955. The van der Waals surface area contributed by atoms with E-state index in [1.807, 2.05) is 48.6 Å². The SMILES string of the molecule is CC\C=C/C=C\C=C/C=C\C=C/CCCCCC(=O)OCC(COC(=O)CCCCCCCCCCC)OC(=O)CCCCCCC/C=C\CCCCC. The highest BCUT2D eigenvalue weighted by molar-refractivity contribution is 5.71. The number of unbranched alkanes of at least 4 members (excludes halogenated alkanes) is 19. The average Bonchev–Trinajstić information content (AvgIpc) is 3.17. The Labute approximate surface area is 332 Å². The van der Waals surface area contributed by atoms with Gasteiger partial charge in [0.15, 0.2) is 6.10 Å². The van der Waals surface area contributed by atoms with Crippen molar-refractivity contribution in [1.29, 1.82) is 0 Å². The third kappa shape index (κ3) is 40.0. The van der Waals surface area contributed by atoms with Gasteiger partial charge in [0.05, 0.1) is 0 Å². The van der Waals surface area contributed by atoms with Crippen LogP contribution in [-0.4, -0.2) is 37.2 Å². The molecule has 0 bridgehead atoms. The number of hydrogen-bond donors (Lipinski definition) is 0. The fourth-order valence-corrected chi connectivity index (χ4v) is 5.75. The van der Waals surface area contributed by atoms with Crippen LogP contribution in [-0.2, 0) is 28.6 Å². The largest absolute Gasteiger partial charge is 0.462 e. The zero-order valence-corrected chi connectivity index (χ0v) is 35.0. The van der Waals surface area contributed by atoms with Crippen LogP contribution in [0.1, 0.15) is 194 Å². The third-order valence-corrected chi connectivity index (χ3v) is 9.07. The van der Waals surface area contributed by atoms with Gasteiger partial charge in [-0.15, -0.1) is 0 Å². The van der Waals surface area contributed by atoms with Crippen LogP contribution >= 0.6 is 0 Å². The number of carbonyl (C=O) groups excluding carboxylic acids is 3. The van der Waals surface area contributed by atoms with Gasteiger partial charge in [-0.2, -0.15) is 0 Å². The Bertz CT molecular complexity index is 1050. The van der Waals surface area contributed by atoms with Crippen LogP contribution in [0.4, 0.5) is 0 Å². The first-order chi connectivity index (χ1) is 26.5. The Morgan fingerprint density at radius 1 is 0.389 bits per heavy atom. The van der Waals surface area contributed by atoms with Crippen LogP contribution in [0.2, 0.25) is 0 Å². The summed E-state index contributed by atoms with van der Waals surface area (Å²) in [4.78, 5) is 37.6. The predicted molar refractivity (Wildman–Crippen MR) is 228 cm³/mol. The van der Waals surface area contributed by atoms with E-state index in [0.717, 1.165) is 83.5 Å². The van der Waals surface area contributed by atoms with Crippen LogP contribution in [0, 0.1) is 0 Å². The van der Waals surface area contributed by atoms with Gasteiger partial charge in [0, 0.05) is 19.3 Å².